The van der Waals surface area contributed by atoms with Gasteiger partial charge in [0.1, 0.15) is 55.7 Å². The lowest BCUT2D eigenvalue weighted by Crippen LogP contribution is -2.71. The number of nitrogens with zero attached hydrogens (tertiary/aromatic N) is 5. The molecule has 4 aromatic rings. The summed E-state index contributed by atoms with van der Waals surface area (Å²) in [4.78, 5) is 66.5. The highest BCUT2D eigenvalue weighted by Crippen LogP contribution is 2.41. The summed E-state index contributed by atoms with van der Waals surface area (Å²) in [6, 6.07) is 12.2. The Morgan fingerprint density at radius 3 is 2.50 bits per heavy atom. The van der Waals surface area contributed by atoms with Gasteiger partial charge in [0.15, 0.2) is 23.6 Å². The molecule has 320 valence electrons. The summed E-state index contributed by atoms with van der Waals surface area (Å²) in [5, 5.41) is 12.3. The zero-order valence-electron chi connectivity index (χ0n) is 34.8. The van der Waals surface area contributed by atoms with Crippen molar-refractivity contribution in [3.8, 4) is 5.75 Å². The highest BCUT2D eigenvalue weighted by atomic mass is 79.9. The van der Waals surface area contributed by atoms with E-state index in [1.165, 1.54) is 16.7 Å². The summed E-state index contributed by atoms with van der Waals surface area (Å²) in [5.74, 6) is -0.840. The van der Waals surface area contributed by atoms with Crippen LogP contribution in [0, 0.1) is 0 Å². The molecule has 2 atom stereocenters. The second-order valence-electron chi connectivity index (χ2n) is 16.0. The lowest BCUT2D eigenvalue weighted by Gasteiger charge is -2.49. The molecule has 3 aromatic heterocycles. The molecule has 1 fully saturated rings. The lowest BCUT2D eigenvalue weighted by molar-refractivity contribution is -0.663. The Labute approximate surface area is 365 Å². The van der Waals surface area contributed by atoms with Gasteiger partial charge in [-0.3, -0.25) is 19.8 Å². The Morgan fingerprint density at radius 2 is 1.82 bits per heavy atom. The van der Waals surface area contributed by atoms with Crippen molar-refractivity contribution in [1.82, 2.24) is 25.1 Å². The number of carbonyl (C=O) groups excluding carboxylic acids is 4. The first-order valence-corrected chi connectivity index (χ1v) is 21.9. The van der Waals surface area contributed by atoms with Gasteiger partial charge in [0.2, 0.25) is 5.52 Å². The van der Waals surface area contributed by atoms with Gasteiger partial charge in [-0.25, -0.2) is 14.6 Å². The fourth-order valence-corrected chi connectivity index (χ4v) is 9.14. The van der Waals surface area contributed by atoms with Gasteiger partial charge in [0.05, 0.1) is 7.11 Å². The van der Waals surface area contributed by atoms with Crippen LogP contribution in [0.5, 0.6) is 5.75 Å². The number of thiazole rings is 1. The van der Waals surface area contributed by atoms with Gasteiger partial charge in [-0.05, 0) is 101 Å². The molecule has 0 spiro atoms. The molecule has 3 N–H and O–H groups in total. The molecule has 3 amide bonds. The topological polar surface area (TPSA) is 179 Å². The number of fused-ring (bicyclic) bond motifs is 2. The summed E-state index contributed by atoms with van der Waals surface area (Å²) < 4.78 is 21.1. The Kier molecular flexibility index (Phi) is 13.9. The van der Waals surface area contributed by atoms with Crippen LogP contribution in [0.3, 0.4) is 0 Å². The molecule has 0 saturated carbocycles. The number of aryl methyl sites for hydroxylation is 1. The average Bonchev–Trinajstić information content (AvgIpc) is 3.77. The van der Waals surface area contributed by atoms with Crippen molar-refractivity contribution in [3.63, 3.8) is 0 Å². The van der Waals surface area contributed by atoms with Crippen LogP contribution in [-0.2, 0) is 48.4 Å². The molecule has 5 heterocycles. The van der Waals surface area contributed by atoms with Crippen molar-refractivity contribution >= 4 is 84.8 Å². The van der Waals surface area contributed by atoms with Crippen molar-refractivity contribution in [3.05, 3.63) is 81.2 Å². The number of carbonyl (C=O) groups is 4. The van der Waals surface area contributed by atoms with E-state index in [9.17, 15) is 19.2 Å². The summed E-state index contributed by atoms with van der Waals surface area (Å²) in [5.41, 5.74) is 1.95. The number of thioether (sulfide) groups is 1. The Bertz CT molecular complexity index is 2310. The van der Waals surface area contributed by atoms with E-state index in [1.54, 1.807) is 72.9 Å². The highest BCUT2D eigenvalue weighted by molar-refractivity contribution is 9.11. The van der Waals surface area contributed by atoms with Gasteiger partial charge in [0.25, 0.3) is 11.8 Å². The summed E-state index contributed by atoms with van der Waals surface area (Å²) in [6.07, 6.45) is 4.25. The third-order valence-corrected chi connectivity index (χ3v) is 12.1. The number of anilines is 1. The number of pyridine rings is 1. The lowest BCUT2D eigenvalue weighted by atomic mass is 10.0. The molecule has 1 saturated heterocycles. The minimum Gasteiger partial charge on any atom is -0.497 e. The molecule has 0 radical (unpaired) electrons. The zero-order chi connectivity index (χ0) is 43.4. The van der Waals surface area contributed by atoms with E-state index in [1.807, 2.05) is 19.3 Å². The van der Waals surface area contributed by atoms with Crippen molar-refractivity contribution in [2.75, 3.05) is 31.8 Å². The number of methoxy groups -OCH3 is 1. The van der Waals surface area contributed by atoms with Crippen molar-refractivity contribution in [2.45, 2.75) is 90.3 Å². The van der Waals surface area contributed by atoms with Gasteiger partial charge < -0.3 is 34.2 Å². The average molecular weight is 927 g/mol. The summed E-state index contributed by atoms with van der Waals surface area (Å²) in [6.45, 7) is 12.5. The van der Waals surface area contributed by atoms with Crippen LogP contribution in [0.15, 0.2) is 75.1 Å². The number of benzene rings is 1. The molecule has 2 aliphatic heterocycles. The second kappa shape index (κ2) is 18.7. The summed E-state index contributed by atoms with van der Waals surface area (Å²) in [7, 11) is 3.51. The molecule has 16 nitrogen and oxygen atoms in total. The highest BCUT2D eigenvalue weighted by Gasteiger charge is 2.55. The van der Waals surface area contributed by atoms with Crippen LogP contribution >= 0.6 is 39.0 Å². The Morgan fingerprint density at radius 1 is 1.07 bits per heavy atom. The molecule has 19 heteroatoms. The van der Waals surface area contributed by atoms with E-state index in [-0.39, 0.29) is 28.8 Å². The molecular weight excluding hydrogens is 877 g/mol. The largest absolute Gasteiger partial charge is 0.497 e. The molecule has 2 aliphatic rings. The molecule has 6 rings (SSSR count). The van der Waals surface area contributed by atoms with Gasteiger partial charge in [0, 0.05) is 36.2 Å². The van der Waals surface area contributed by atoms with E-state index in [4.69, 9.17) is 19.0 Å². The third-order valence-electron chi connectivity index (χ3n) is 9.10. The number of esters is 1. The third kappa shape index (κ3) is 10.7. The van der Waals surface area contributed by atoms with Gasteiger partial charge in [-0.15, -0.1) is 11.8 Å². The first kappa shape index (κ1) is 44.6. The monoisotopic (exact) mass is 925 g/mol. The number of amides is 3. The van der Waals surface area contributed by atoms with Crippen molar-refractivity contribution in [2.24, 2.45) is 5.16 Å². The minimum atomic E-state index is -1.02. The second-order valence-corrected chi connectivity index (χ2v) is 19.4. The number of oxime groups is 1. The van der Waals surface area contributed by atoms with Crippen LogP contribution in [0.4, 0.5) is 9.93 Å². The number of nitrogens with one attached hydrogen (secondary N) is 3. The van der Waals surface area contributed by atoms with Crippen molar-refractivity contribution in [1.29, 1.82) is 0 Å². The molecule has 0 aliphatic carbocycles. The maximum atomic E-state index is 14.2. The van der Waals surface area contributed by atoms with Gasteiger partial charge in [-0.2, -0.15) is 4.57 Å². The first-order chi connectivity index (χ1) is 28.5. The SMILES string of the molecule is CNCCCn1ccc2c1ccc[n+]2CC1=C(C(=O)OCc2ccc(OC)cc2)N2C(=O)C(NC(=O)/C(=N/OC(C)(C)C)c3nc(NC(=O)OC(C)(C)C)sc3Br)C2SC1. The van der Waals surface area contributed by atoms with E-state index in [0.717, 1.165) is 47.4 Å². The molecule has 60 heavy (non-hydrogen) atoms. The maximum Gasteiger partial charge on any atom is 0.413 e. The number of rotatable bonds is 15. The molecule has 0 bridgehead atoms. The van der Waals surface area contributed by atoms with Crippen molar-refractivity contribution < 1.29 is 42.8 Å². The zero-order valence-corrected chi connectivity index (χ0v) is 38.0. The predicted octanol–water partition coefficient (Wildman–Crippen LogP) is 5.73. The van der Waals surface area contributed by atoms with Crippen LogP contribution in [0.25, 0.3) is 11.0 Å². The van der Waals surface area contributed by atoms with E-state index >= 15 is 0 Å². The van der Waals surface area contributed by atoms with Crippen LogP contribution < -0.4 is 25.3 Å². The smallest absolute Gasteiger partial charge is 0.413 e. The number of hydrogen-bond acceptors (Lipinski definition) is 13. The maximum absolute atomic E-state index is 14.2. The van der Waals surface area contributed by atoms with Crippen LogP contribution in [0.2, 0.25) is 0 Å². The molecule has 2 unspecified atom stereocenters. The Hall–Kier alpha value is -4.98. The first-order valence-electron chi connectivity index (χ1n) is 19.3. The van der Waals surface area contributed by atoms with Crippen LogP contribution in [0.1, 0.15) is 59.2 Å². The van der Waals surface area contributed by atoms with Gasteiger partial charge >= 0.3 is 12.1 Å². The number of halogens is 1. The number of hydrogen-bond donors (Lipinski definition) is 3. The fourth-order valence-electron chi connectivity index (χ4n) is 6.39. The minimum absolute atomic E-state index is 0.0291. The molecular formula is C41H50BrN8O8S2+. The fraction of sp³-hybridized carbons (Fsp3) is 0.439. The number of ether oxygens (including phenoxy) is 3. The van der Waals surface area contributed by atoms with Crippen LogP contribution in [-0.4, -0.2) is 93.1 Å². The van der Waals surface area contributed by atoms with E-state index in [2.05, 4.69) is 69.5 Å². The Balaban J connectivity index is 1.27. The summed E-state index contributed by atoms with van der Waals surface area (Å²) >= 11 is 5.93. The quantitative estimate of drug-likeness (QED) is 0.0331. The number of β-lactam (4-membered cyclic amide) rings is 1. The van der Waals surface area contributed by atoms with E-state index in [0.29, 0.717) is 27.4 Å². The molecule has 1 aromatic carbocycles. The van der Waals surface area contributed by atoms with Gasteiger partial charge in [-0.1, -0.05) is 28.6 Å². The van der Waals surface area contributed by atoms with E-state index < -0.39 is 46.5 Å². The normalized spacial score (nSPS) is 16.9. The number of aromatic nitrogens is 3. The standard InChI is InChI=1S/C41H49BrN8O8S2/c1-40(2,3)57-39(54)46-38-45-29(33(42)60-38)30(47-58-41(4,5)6)34(51)44-31-35(52)50-32(37(53)56-22-24-12-14-26(55-8)15-13-24)25(23-59-36(31)50)21-49-18-9-11-27-28(49)16-20-48(27)19-10-17-43-7/h9,11-16,18,20,31,36,43H,10,17,19,21-23H2,1-8H3,(H-,44,45,46,51,54)/p+1/b47-30+. The predicted molar refractivity (Wildman–Crippen MR) is 233 cm³/mol.